The molecular weight excluding hydrogens is 448 g/mol. The SMILES string of the molecule is O=C(O)c1cc(-c2cccc(Sc3nc(-c4ccco4)cc(C(F)(F)F)n3)c2)ccc1F. The van der Waals surface area contributed by atoms with Gasteiger partial charge in [0.25, 0.3) is 0 Å². The first kappa shape index (κ1) is 21.6. The highest BCUT2D eigenvalue weighted by Crippen LogP contribution is 2.35. The first-order valence-corrected chi connectivity index (χ1v) is 9.83. The normalized spacial score (nSPS) is 11.5. The monoisotopic (exact) mass is 460 g/mol. The molecule has 162 valence electrons. The topological polar surface area (TPSA) is 76.2 Å². The number of carboxylic acids is 1. The van der Waals surface area contributed by atoms with Crippen LogP contribution in [0.4, 0.5) is 17.6 Å². The molecule has 2 heterocycles. The molecule has 0 unspecified atom stereocenters. The Bertz CT molecular complexity index is 1290. The lowest BCUT2D eigenvalue weighted by Crippen LogP contribution is -2.10. The third-order valence-electron chi connectivity index (χ3n) is 4.34. The van der Waals surface area contributed by atoms with Crippen molar-refractivity contribution in [2.75, 3.05) is 0 Å². The molecule has 0 spiro atoms. The van der Waals surface area contributed by atoms with Crippen LogP contribution in [0.25, 0.3) is 22.6 Å². The van der Waals surface area contributed by atoms with Crippen LogP contribution < -0.4 is 0 Å². The average molecular weight is 460 g/mol. The molecular formula is C22H12F4N2O3S. The Kier molecular flexibility index (Phi) is 5.70. The molecule has 0 aliphatic heterocycles. The highest BCUT2D eigenvalue weighted by atomic mass is 32.2. The highest BCUT2D eigenvalue weighted by Gasteiger charge is 2.34. The van der Waals surface area contributed by atoms with Crippen LogP contribution in [0.15, 0.2) is 81.4 Å². The van der Waals surface area contributed by atoms with Crippen molar-refractivity contribution in [1.82, 2.24) is 9.97 Å². The molecule has 0 saturated heterocycles. The molecule has 4 aromatic rings. The van der Waals surface area contributed by atoms with E-state index in [9.17, 15) is 22.4 Å². The number of halogens is 4. The van der Waals surface area contributed by atoms with Gasteiger partial charge < -0.3 is 9.52 Å². The number of rotatable bonds is 5. The van der Waals surface area contributed by atoms with Gasteiger partial charge >= 0.3 is 12.1 Å². The van der Waals surface area contributed by atoms with Crippen LogP contribution in [0.5, 0.6) is 0 Å². The van der Waals surface area contributed by atoms with Crippen LogP contribution in [-0.4, -0.2) is 21.0 Å². The Labute approximate surface area is 182 Å². The van der Waals surface area contributed by atoms with Gasteiger partial charge in [-0.25, -0.2) is 19.2 Å². The maximum absolute atomic E-state index is 13.7. The van der Waals surface area contributed by atoms with E-state index >= 15 is 0 Å². The number of hydrogen-bond acceptors (Lipinski definition) is 5. The highest BCUT2D eigenvalue weighted by molar-refractivity contribution is 7.99. The van der Waals surface area contributed by atoms with E-state index in [0.29, 0.717) is 16.0 Å². The van der Waals surface area contributed by atoms with Crippen molar-refractivity contribution >= 4 is 17.7 Å². The first-order valence-electron chi connectivity index (χ1n) is 9.02. The molecule has 0 fully saturated rings. The summed E-state index contributed by atoms with van der Waals surface area (Å²) in [5.74, 6) is -2.10. The lowest BCUT2D eigenvalue weighted by Gasteiger charge is -2.10. The number of hydrogen-bond donors (Lipinski definition) is 1. The molecule has 2 aromatic heterocycles. The van der Waals surface area contributed by atoms with E-state index in [2.05, 4.69) is 9.97 Å². The Morgan fingerprint density at radius 2 is 1.75 bits per heavy atom. The van der Waals surface area contributed by atoms with Gasteiger partial charge in [0, 0.05) is 4.90 Å². The van der Waals surface area contributed by atoms with Crippen LogP contribution in [0, 0.1) is 5.82 Å². The van der Waals surface area contributed by atoms with Gasteiger partial charge in [-0.15, -0.1) is 0 Å². The molecule has 5 nitrogen and oxygen atoms in total. The van der Waals surface area contributed by atoms with Gasteiger partial charge in [-0.2, -0.15) is 13.2 Å². The number of benzene rings is 2. The van der Waals surface area contributed by atoms with E-state index in [1.54, 1.807) is 24.3 Å². The minimum atomic E-state index is -4.68. The number of furan rings is 1. The summed E-state index contributed by atoms with van der Waals surface area (Å²) in [4.78, 5) is 19.5. The quantitative estimate of drug-likeness (QED) is 0.274. The van der Waals surface area contributed by atoms with Crippen molar-refractivity contribution < 1.29 is 31.9 Å². The summed E-state index contributed by atoms with van der Waals surface area (Å²) in [6.07, 6.45) is -3.35. The maximum Gasteiger partial charge on any atom is 0.433 e. The number of nitrogens with zero attached hydrogens (tertiary/aromatic N) is 2. The van der Waals surface area contributed by atoms with Crippen molar-refractivity contribution in [1.29, 1.82) is 0 Å². The first-order chi connectivity index (χ1) is 15.2. The Morgan fingerprint density at radius 1 is 0.969 bits per heavy atom. The number of carboxylic acid groups (broad SMARTS) is 1. The predicted octanol–water partition coefficient (Wildman–Crippen LogP) is 6.41. The largest absolute Gasteiger partial charge is 0.478 e. The summed E-state index contributed by atoms with van der Waals surface area (Å²) < 4.78 is 58.9. The molecule has 0 amide bonds. The second-order valence-electron chi connectivity index (χ2n) is 6.53. The minimum Gasteiger partial charge on any atom is -0.478 e. The molecule has 10 heteroatoms. The number of aromatic carboxylic acids is 1. The van der Waals surface area contributed by atoms with Gasteiger partial charge in [-0.1, -0.05) is 18.2 Å². The van der Waals surface area contributed by atoms with Crippen molar-refractivity contribution in [3.05, 3.63) is 84.0 Å². The third-order valence-corrected chi connectivity index (χ3v) is 5.20. The smallest absolute Gasteiger partial charge is 0.433 e. The van der Waals surface area contributed by atoms with Crippen LogP contribution in [-0.2, 0) is 6.18 Å². The molecule has 0 saturated carbocycles. The van der Waals surface area contributed by atoms with Crippen LogP contribution in [0.3, 0.4) is 0 Å². The van der Waals surface area contributed by atoms with Crippen molar-refractivity contribution in [2.45, 2.75) is 16.2 Å². The summed E-state index contributed by atoms with van der Waals surface area (Å²) >= 11 is 0.898. The minimum absolute atomic E-state index is 0.0133. The molecule has 2 aromatic carbocycles. The summed E-state index contributed by atoms with van der Waals surface area (Å²) in [5, 5.41) is 8.98. The van der Waals surface area contributed by atoms with Gasteiger partial charge in [0.2, 0.25) is 0 Å². The fraction of sp³-hybridized carbons (Fsp3) is 0.0455. The van der Waals surface area contributed by atoms with Crippen LogP contribution >= 0.6 is 11.8 Å². The van der Waals surface area contributed by atoms with Gasteiger partial charge in [0.05, 0.1) is 11.8 Å². The van der Waals surface area contributed by atoms with Crippen molar-refractivity contribution in [3.8, 4) is 22.6 Å². The van der Waals surface area contributed by atoms with E-state index in [-0.39, 0.29) is 16.6 Å². The van der Waals surface area contributed by atoms with Crippen LogP contribution in [0.2, 0.25) is 0 Å². The fourth-order valence-corrected chi connectivity index (χ4v) is 3.71. The third kappa shape index (κ3) is 4.65. The van der Waals surface area contributed by atoms with Crippen molar-refractivity contribution in [2.24, 2.45) is 0 Å². The number of aromatic nitrogens is 2. The molecule has 4 rings (SSSR count). The number of carbonyl (C=O) groups is 1. The molecule has 0 aliphatic rings. The van der Waals surface area contributed by atoms with Crippen molar-refractivity contribution in [3.63, 3.8) is 0 Å². The van der Waals surface area contributed by atoms with E-state index in [1.165, 1.54) is 30.5 Å². The predicted molar refractivity (Wildman–Crippen MR) is 108 cm³/mol. The Balaban J connectivity index is 1.70. The van der Waals surface area contributed by atoms with Gasteiger partial charge in [0.15, 0.2) is 10.9 Å². The molecule has 0 radical (unpaired) electrons. The average Bonchev–Trinajstić information content (AvgIpc) is 3.28. The molecule has 0 bridgehead atoms. The zero-order valence-electron chi connectivity index (χ0n) is 15.9. The maximum atomic E-state index is 13.7. The van der Waals surface area contributed by atoms with E-state index in [4.69, 9.17) is 9.52 Å². The summed E-state index contributed by atoms with van der Waals surface area (Å²) in [6, 6.07) is 14.1. The Morgan fingerprint density at radius 3 is 2.44 bits per heavy atom. The standard InChI is InChI=1S/C22H12F4N2O3S/c23-16-7-6-13(10-15(16)20(29)30)12-3-1-4-14(9-12)32-21-27-17(18-5-2-8-31-18)11-19(28-21)22(24,25)26/h1-11H,(H,29,30). The van der Waals surface area contributed by atoms with Gasteiger partial charge in [-0.3, -0.25) is 0 Å². The lowest BCUT2D eigenvalue weighted by molar-refractivity contribution is -0.141. The number of alkyl halides is 3. The summed E-state index contributed by atoms with van der Waals surface area (Å²) in [5.41, 5.74) is -0.615. The zero-order valence-corrected chi connectivity index (χ0v) is 16.7. The summed E-state index contributed by atoms with van der Waals surface area (Å²) in [6.45, 7) is 0. The molecule has 0 aliphatic carbocycles. The van der Waals surface area contributed by atoms with E-state index in [0.717, 1.165) is 23.9 Å². The molecule has 1 N–H and O–H groups in total. The van der Waals surface area contributed by atoms with Gasteiger partial charge in [0.1, 0.15) is 17.2 Å². The second kappa shape index (κ2) is 8.46. The van der Waals surface area contributed by atoms with Gasteiger partial charge in [-0.05, 0) is 65.4 Å². The molecule has 0 atom stereocenters. The summed E-state index contributed by atoms with van der Waals surface area (Å²) in [7, 11) is 0. The zero-order chi connectivity index (χ0) is 22.9. The second-order valence-corrected chi connectivity index (χ2v) is 7.57. The Hall–Kier alpha value is -3.66. The van der Waals surface area contributed by atoms with E-state index in [1.807, 2.05) is 0 Å². The molecule has 32 heavy (non-hydrogen) atoms. The fourth-order valence-electron chi connectivity index (χ4n) is 2.88. The lowest BCUT2D eigenvalue weighted by atomic mass is 10.0. The van der Waals surface area contributed by atoms with Crippen LogP contribution in [0.1, 0.15) is 16.1 Å². The van der Waals surface area contributed by atoms with E-state index < -0.39 is 29.2 Å².